The Morgan fingerprint density at radius 3 is 2.31 bits per heavy atom. The topological polar surface area (TPSA) is 26.8 Å². The molecule has 3 rings (SSSR count). The molecule has 1 atom stereocenters. The normalized spacial score (nSPS) is 21.6. The van der Waals surface area contributed by atoms with Crippen LogP contribution in [0, 0.1) is 0 Å². The number of piperazine rings is 1. The van der Waals surface area contributed by atoms with Gasteiger partial charge in [-0.15, -0.1) is 24.8 Å². The number of piperidine rings is 1. The van der Waals surface area contributed by atoms with Crippen LogP contribution in [0.2, 0.25) is 5.02 Å². The van der Waals surface area contributed by atoms with Gasteiger partial charge in [0.05, 0.1) is 6.04 Å². The first-order valence-corrected chi connectivity index (χ1v) is 9.55. The smallest absolute Gasteiger partial charge is 0.240 e. The monoisotopic (exact) mass is 421 g/mol. The first-order chi connectivity index (χ1) is 11.7. The van der Waals surface area contributed by atoms with Gasteiger partial charge in [-0.05, 0) is 43.6 Å². The van der Waals surface area contributed by atoms with Gasteiger partial charge in [-0.2, -0.15) is 0 Å². The Morgan fingerprint density at radius 2 is 1.69 bits per heavy atom. The molecule has 1 amide bonds. The number of hydrogen-bond acceptors (Lipinski definition) is 3. The minimum atomic E-state index is 0. The summed E-state index contributed by atoms with van der Waals surface area (Å²) in [4.78, 5) is 19.7. The lowest BCUT2D eigenvalue weighted by Gasteiger charge is -2.40. The summed E-state index contributed by atoms with van der Waals surface area (Å²) in [5, 5.41) is 0.780. The van der Waals surface area contributed by atoms with Gasteiger partial charge in [0, 0.05) is 37.7 Å². The number of carbonyl (C=O) groups is 1. The molecule has 7 heteroatoms. The van der Waals surface area contributed by atoms with Crippen LogP contribution in [0.25, 0.3) is 0 Å². The number of amides is 1. The molecule has 0 spiro atoms. The first kappa shape index (κ1) is 23.5. The molecule has 1 unspecified atom stereocenters. The summed E-state index contributed by atoms with van der Waals surface area (Å²) in [6.45, 7) is 8.75. The molecule has 0 N–H and O–H groups in total. The maximum Gasteiger partial charge on any atom is 0.240 e. The summed E-state index contributed by atoms with van der Waals surface area (Å²) in [7, 11) is 0. The molecule has 2 heterocycles. The second-order valence-corrected chi connectivity index (χ2v) is 7.30. The van der Waals surface area contributed by atoms with Crippen molar-refractivity contribution in [2.75, 3.05) is 39.3 Å². The summed E-state index contributed by atoms with van der Waals surface area (Å²) < 4.78 is 0. The largest absolute Gasteiger partial charge is 0.339 e. The van der Waals surface area contributed by atoms with E-state index in [9.17, 15) is 4.79 Å². The zero-order valence-corrected chi connectivity index (χ0v) is 17.8. The predicted octanol–water partition coefficient (Wildman–Crippen LogP) is 3.70. The van der Waals surface area contributed by atoms with Crippen LogP contribution in [-0.2, 0) is 11.3 Å². The van der Waals surface area contributed by atoms with Crippen LogP contribution in [0.1, 0.15) is 31.7 Å². The molecule has 0 radical (unpaired) electrons. The number of hydrogen-bond donors (Lipinski definition) is 0. The van der Waals surface area contributed by atoms with Crippen molar-refractivity contribution in [3.05, 3.63) is 34.9 Å². The SMILES string of the molecule is CCN1CCCCC1C(=O)N1CCN(Cc2ccc(Cl)cc2)CC1.Cl.Cl. The minimum Gasteiger partial charge on any atom is -0.339 e. The van der Waals surface area contributed by atoms with Gasteiger partial charge in [-0.25, -0.2) is 0 Å². The molecule has 148 valence electrons. The first-order valence-electron chi connectivity index (χ1n) is 9.17. The van der Waals surface area contributed by atoms with E-state index < -0.39 is 0 Å². The summed E-state index contributed by atoms with van der Waals surface area (Å²) in [6.07, 6.45) is 3.44. The molecular formula is C19H30Cl3N3O. The van der Waals surface area contributed by atoms with Gasteiger partial charge in [-0.1, -0.05) is 37.1 Å². The highest BCUT2D eigenvalue weighted by Crippen LogP contribution is 2.20. The van der Waals surface area contributed by atoms with Crippen LogP contribution in [0.5, 0.6) is 0 Å². The zero-order chi connectivity index (χ0) is 16.9. The van der Waals surface area contributed by atoms with Crippen molar-refractivity contribution in [2.24, 2.45) is 0 Å². The average molecular weight is 423 g/mol. The molecule has 2 fully saturated rings. The number of likely N-dealkylation sites (tertiary alicyclic amines) is 1. The third-order valence-corrected chi connectivity index (χ3v) is 5.56. The van der Waals surface area contributed by atoms with E-state index in [2.05, 4.69) is 33.8 Å². The zero-order valence-electron chi connectivity index (χ0n) is 15.4. The second kappa shape index (κ2) is 11.4. The Bertz CT molecular complexity index is 547. The summed E-state index contributed by atoms with van der Waals surface area (Å²) in [5.74, 6) is 0.350. The van der Waals surface area contributed by atoms with Gasteiger partial charge in [0.15, 0.2) is 0 Å². The van der Waals surface area contributed by atoms with Gasteiger partial charge in [0.1, 0.15) is 0 Å². The molecular weight excluding hydrogens is 393 g/mol. The van der Waals surface area contributed by atoms with Crippen molar-refractivity contribution in [3.63, 3.8) is 0 Å². The standard InChI is InChI=1S/C19H28ClN3O.2ClH/c1-2-22-10-4-3-5-18(22)19(24)23-13-11-21(12-14-23)15-16-6-8-17(20)9-7-16;;/h6-9,18H,2-5,10-15H2,1H3;2*1H. The van der Waals surface area contributed by atoms with Gasteiger partial charge >= 0.3 is 0 Å². The van der Waals surface area contributed by atoms with Crippen LogP contribution in [-0.4, -0.2) is 65.9 Å². The number of carbonyl (C=O) groups excluding carboxylic acids is 1. The van der Waals surface area contributed by atoms with E-state index in [1.165, 1.54) is 18.4 Å². The Labute approximate surface area is 174 Å². The molecule has 0 aliphatic carbocycles. The maximum absolute atomic E-state index is 12.9. The lowest BCUT2D eigenvalue weighted by Crippen LogP contribution is -2.55. The summed E-state index contributed by atoms with van der Waals surface area (Å²) >= 11 is 5.94. The van der Waals surface area contributed by atoms with Crippen molar-refractivity contribution in [3.8, 4) is 0 Å². The van der Waals surface area contributed by atoms with Gasteiger partial charge in [0.25, 0.3) is 0 Å². The minimum absolute atomic E-state index is 0. The molecule has 4 nitrogen and oxygen atoms in total. The van der Waals surface area contributed by atoms with Crippen LogP contribution in [0.3, 0.4) is 0 Å². The summed E-state index contributed by atoms with van der Waals surface area (Å²) in [6, 6.07) is 8.17. The lowest BCUT2D eigenvalue weighted by molar-refractivity contribution is -0.140. The Balaban J connectivity index is 0.00000169. The van der Waals surface area contributed by atoms with E-state index in [-0.39, 0.29) is 30.9 Å². The Hall–Kier alpha value is -0.520. The number of rotatable bonds is 4. The maximum atomic E-state index is 12.9. The number of nitrogens with zero attached hydrogens (tertiary/aromatic N) is 3. The van der Waals surface area contributed by atoms with Gasteiger partial charge < -0.3 is 4.90 Å². The fourth-order valence-electron chi connectivity index (χ4n) is 3.83. The molecule has 2 aliphatic heterocycles. The molecule has 1 aromatic rings. The van der Waals surface area contributed by atoms with Gasteiger partial charge in [0.2, 0.25) is 5.91 Å². The molecule has 1 aromatic carbocycles. The van der Waals surface area contributed by atoms with Crippen LogP contribution >= 0.6 is 36.4 Å². The van der Waals surface area contributed by atoms with Crippen LogP contribution in [0.4, 0.5) is 0 Å². The van der Waals surface area contributed by atoms with E-state index in [0.717, 1.165) is 57.3 Å². The van der Waals surface area contributed by atoms with Crippen molar-refractivity contribution in [1.82, 2.24) is 14.7 Å². The quantitative estimate of drug-likeness (QED) is 0.740. The van der Waals surface area contributed by atoms with E-state index in [4.69, 9.17) is 11.6 Å². The molecule has 0 bridgehead atoms. The van der Waals surface area contributed by atoms with Crippen molar-refractivity contribution < 1.29 is 4.79 Å². The predicted molar refractivity (Wildman–Crippen MR) is 113 cm³/mol. The summed E-state index contributed by atoms with van der Waals surface area (Å²) in [5.41, 5.74) is 1.28. The highest BCUT2D eigenvalue weighted by atomic mass is 35.5. The highest BCUT2D eigenvalue weighted by Gasteiger charge is 2.32. The Kier molecular flexibility index (Phi) is 10.3. The van der Waals surface area contributed by atoms with Crippen LogP contribution < -0.4 is 0 Å². The Morgan fingerprint density at radius 1 is 1.04 bits per heavy atom. The fourth-order valence-corrected chi connectivity index (χ4v) is 3.96. The number of likely N-dealkylation sites (N-methyl/N-ethyl adjacent to an activating group) is 1. The van der Waals surface area contributed by atoms with E-state index in [1.807, 2.05) is 12.1 Å². The molecule has 0 saturated carbocycles. The molecule has 2 aliphatic rings. The third-order valence-electron chi connectivity index (χ3n) is 5.31. The average Bonchev–Trinajstić information content (AvgIpc) is 2.63. The molecule has 26 heavy (non-hydrogen) atoms. The van der Waals surface area contributed by atoms with Gasteiger partial charge in [-0.3, -0.25) is 14.6 Å². The molecule has 0 aromatic heterocycles. The lowest BCUT2D eigenvalue weighted by atomic mass is 10.0. The third kappa shape index (κ3) is 6.00. The second-order valence-electron chi connectivity index (χ2n) is 6.87. The van der Waals surface area contributed by atoms with E-state index in [0.29, 0.717) is 5.91 Å². The van der Waals surface area contributed by atoms with Crippen molar-refractivity contribution in [1.29, 1.82) is 0 Å². The van der Waals surface area contributed by atoms with Crippen molar-refractivity contribution in [2.45, 2.75) is 38.8 Å². The fraction of sp³-hybridized carbons (Fsp3) is 0.632. The van der Waals surface area contributed by atoms with Crippen molar-refractivity contribution >= 4 is 42.3 Å². The van der Waals surface area contributed by atoms with Crippen LogP contribution in [0.15, 0.2) is 24.3 Å². The number of halogens is 3. The highest BCUT2D eigenvalue weighted by molar-refractivity contribution is 6.30. The van der Waals surface area contributed by atoms with E-state index in [1.54, 1.807) is 0 Å². The molecule has 2 saturated heterocycles. The van der Waals surface area contributed by atoms with E-state index >= 15 is 0 Å². The number of benzene rings is 1.